The molecule has 5 nitrogen and oxygen atoms in total. The van der Waals surface area contributed by atoms with Crippen molar-refractivity contribution in [2.45, 2.75) is 64.1 Å². The lowest BCUT2D eigenvalue weighted by Crippen LogP contribution is -2.37. The van der Waals surface area contributed by atoms with E-state index in [4.69, 9.17) is 0 Å². The van der Waals surface area contributed by atoms with Crippen LogP contribution in [0, 0.1) is 24.5 Å². The average Bonchev–Trinajstić information content (AvgIpc) is 2.70. The van der Waals surface area contributed by atoms with E-state index in [2.05, 4.69) is 10.3 Å². The molecule has 1 heterocycles. The summed E-state index contributed by atoms with van der Waals surface area (Å²) in [5.41, 5.74) is 0.904. The smallest absolute Gasteiger partial charge is 0.168 e. The number of nitrogens with one attached hydrogen (secondary N) is 1. The van der Waals surface area contributed by atoms with Gasteiger partial charge in [-0.15, -0.1) is 0 Å². The Morgan fingerprint density at radius 2 is 1.93 bits per heavy atom. The van der Waals surface area contributed by atoms with Gasteiger partial charge in [0.2, 0.25) is 0 Å². The molecule has 0 amide bonds. The monoisotopic (exact) mass is 418 g/mol. The zero-order chi connectivity index (χ0) is 21.7. The number of rotatable bonds is 8. The van der Waals surface area contributed by atoms with Gasteiger partial charge in [-0.1, -0.05) is 18.9 Å². The van der Waals surface area contributed by atoms with Crippen LogP contribution in [0.2, 0.25) is 0 Å². The van der Waals surface area contributed by atoms with Crippen molar-refractivity contribution in [2.75, 3.05) is 5.32 Å². The molecule has 3 rings (SSSR count). The molecule has 1 aromatic carbocycles. The number of aryl methyl sites for hydroxylation is 1. The standard InChI is InChI=1S/C23H28F2N2O3/c1-14-9-10-18(16(24)11-14)27-19-13-26-12-17(25)22(19)20(28)7-3-2-5-15-6-4-8-21(29)23(15)30/h9-13,15,21,23,27,29-30H,2-8H2,1H3. The minimum atomic E-state index is -0.747. The number of hydrogen-bond acceptors (Lipinski definition) is 5. The zero-order valence-corrected chi connectivity index (χ0v) is 17.1. The highest BCUT2D eigenvalue weighted by Crippen LogP contribution is 2.30. The molecule has 30 heavy (non-hydrogen) atoms. The van der Waals surface area contributed by atoms with E-state index in [1.165, 1.54) is 18.3 Å². The number of nitrogens with zero attached hydrogens (tertiary/aromatic N) is 1. The van der Waals surface area contributed by atoms with Crippen LogP contribution >= 0.6 is 0 Å². The fraction of sp³-hybridized carbons (Fsp3) is 0.478. The molecule has 1 aromatic heterocycles. The molecule has 1 aliphatic rings. The van der Waals surface area contributed by atoms with Crippen LogP contribution in [0.4, 0.5) is 20.2 Å². The SMILES string of the molecule is Cc1ccc(Nc2cncc(F)c2C(=O)CCCCC2CCCC(O)C2O)c(F)c1. The van der Waals surface area contributed by atoms with E-state index >= 15 is 0 Å². The number of halogens is 2. The molecule has 0 bridgehead atoms. The zero-order valence-electron chi connectivity index (χ0n) is 17.1. The summed E-state index contributed by atoms with van der Waals surface area (Å²) in [6.45, 7) is 1.76. The van der Waals surface area contributed by atoms with Gasteiger partial charge >= 0.3 is 0 Å². The molecule has 0 spiro atoms. The molecule has 0 radical (unpaired) electrons. The Hall–Kier alpha value is -2.38. The van der Waals surface area contributed by atoms with Crippen LogP contribution in [-0.4, -0.2) is 33.2 Å². The largest absolute Gasteiger partial charge is 0.390 e. The third-order valence-electron chi connectivity index (χ3n) is 5.75. The van der Waals surface area contributed by atoms with Gasteiger partial charge in [-0.2, -0.15) is 0 Å². The number of anilines is 2. The number of benzene rings is 1. The molecule has 1 saturated carbocycles. The van der Waals surface area contributed by atoms with Crippen LogP contribution in [0.5, 0.6) is 0 Å². The highest BCUT2D eigenvalue weighted by molar-refractivity contribution is 6.01. The summed E-state index contributed by atoms with van der Waals surface area (Å²) < 4.78 is 28.5. The summed E-state index contributed by atoms with van der Waals surface area (Å²) in [6.07, 6.45) is 5.35. The van der Waals surface area contributed by atoms with Crippen molar-refractivity contribution >= 4 is 17.2 Å². The summed E-state index contributed by atoms with van der Waals surface area (Å²) in [4.78, 5) is 16.5. The number of hydrogen-bond donors (Lipinski definition) is 3. The van der Waals surface area contributed by atoms with Crippen molar-refractivity contribution in [3.63, 3.8) is 0 Å². The number of pyridine rings is 1. The van der Waals surface area contributed by atoms with Crippen LogP contribution in [0.3, 0.4) is 0 Å². The first-order valence-corrected chi connectivity index (χ1v) is 10.4. The molecular formula is C23H28F2N2O3. The highest BCUT2D eigenvalue weighted by atomic mass is 19.1. The number of aliphatic hydroxyl groups excluding tert-OH is 2. The maximum Gasteiger partial charge on any atom is 0.168 e. The van der Waals surface area contributed by atoms with Gasteiger partial charge in [0.1, 0.15) is 5.82 Å². The van der Waals surface area contributed by atoms with Gasteiger partial charge in [0.05, 0.1) is 41.5 Å². The van der Waals surface area contributed by atoms with Crippen molar-refractivity contribution in [3.05, 3.63) is 53.4 Å². The number of carbonyl (C=O) groups excluding carboxylic acids is 1. The maximum atomic E-state index is 14.4. The van der Waals surface area contributed by atoms with Crippen molar-refractivity contribution in [3.8, 4) is 0 Å². The molecule has 7 heteroatoms. The van der Waals surface area contributed by atoms with Gasteiger partial charge in [-0.25, -0.2) is 8.78 Å². The second-order valence-electron chi connectivity index (χ2n) is 8.07. The van der Waals surface area contributed by atoms with Crippen LogP contribution < -0.4 is 5.32 Å². The number of unbranched alkanes of at least 4 members (excludes halogenated alkanes) is 1. The summed E-state index contributed by atoms with van der Waals surface area (Å²) in [6, 6.07) is 4.61. The van der Waals surface area contributed by atoms with Gasteiger partial charge in [-0.05, 0) is 56.2 Å². The quantitative estimate of drug-likeness (QED) is 0.428. The maximum absolute atomic E-state index is 14.4. The lowest BCUT2D eigenvalue weighted by atomic mass is 9.81. The van der Waals surface area contributed by atoms with Crippen LogP contribution in [-0.2, 0) is 0 Å². The highest BCUT2D eigenvalue weighted by Gasteiger charge is 2.29. The van der Waals surface area contributed by atoms with E-state index in [0.717, 1.165) is 24.6 Å². The predicted octanol–water partition coefficient (Wildman–Crippen LogP) is 4.68. The number of Topliss-reactive ketones (excluding diaryl/α,β-unsaturated/α-hetero) is 1. The third kappa shape index (κ3) is 5.40. The third-order valence-corrected chi connectivity index (χ3v) is 5.75. The Morgan fingerprint density at radius 3 is 2.70 bits per heavy atom. The fourth-order valence-electron chi connectivity index (χ4n) is 4.06. The average molecular weight is 418 g/mol. The minimum absolute atomic E-state index is 0.0308. The molecule has 1 aliphatic carbocycles. The van der Waals surface area contributed by atoms with Gasteiger partial charge < -0.3 is 15.5 Å². The molecule has 3 unspecified atom stereocenters. The Labute approximate surface area is 175 Å². The topological polar surface area (TPSA) is 82.5 Å². The fourth-order valence-corrected chi connectivity index (χ4v) is 4.06. The Kier molecular flexibility index (Phi) is 7.50. The number of ketones is 1. The van der Waals surface area contributed by atoms with Gasteiger partial charge in [0, 0.05) is 6.42 Å². The summed E-state index contributed by atoms with van der Waals surface area (Å²) >= 11 is 0. The van der Waals surface area contributed by atoms with Gasteiger partial charge in [0.25, 0.3) is 0 Å². The molecule has 162 valence electrons. The normalized spacial score (nSPS) is 21.4. The van der Waals surface area contributed by atoms with E-state index in [1.807, 2.05) is 0 Å². The summed E-state index contributed by atoms with van der Waals surface area (Å²) in [5.74, 6) is -1.59. The number of aliphatic hydroxyl groups is 2. The van der Waals surface area contributed by atoms with Gasteiger partial charge in [0.15, 0.2) is 11.6 Å². The molecule has 3 atom stereocenters. The van der Waals surface area contributed by atoms with Crippen molar-refractivity contribution in [1.29, 1.82) is 0 Å². The van der Waals surface area contributed by atoms with Crippen LogP contribution in [0.1, 0.15) is 60.9 Å². The first kappa shape index (κ1) is 22.3. The second-order valence-corrected chi connectivity index (χ2v) is 8.07. The molecule has 3 N–H and O–H groups in total. The van der Waals surface area contributed by atoms with Crippen LogP contribution in [0.25, 0.3) is 0 Å². The van der Waals surface area contributed by atoms with Gasteiger partial charge in [-0.3, -0.25) is 9.78 Å². The predicted molar refractivity (Wildman–Crippen MR) is 111 cm³/mol. The first-order valence-electron chi connectivity index (χ1n) is 10.4. The summed E-state index contributed by atoms with van der Waals surface area (Å²) in [5, 5.41) is 22.6. The van der Waals surface area contributed by atoms with E-state index in [1.54, 1.807) is 13.0 Å². The molecule has 2 aromatic rings. The van der Waals surface area contributed by atoms with Crippen molar-refractivity contribution in [1.82, 2.24) is 4.98 Å². The van der Waals surface area contributed by atoms with E-state index < -0.39 is 23.8 Å². The first-order chi connectivity index (χ1) is 14.4. The summed E-state index contributed by atoms with van der Waals surface area (Å²) in [7, 11) is 0. The minimum Gasteiger partial charge on any atom is -0.390 e. The Bertz CT molecular complexity index is 891. The molecule has 1 fully saturated rings. The van der Waals surface area contributed by atoms with Crippen molar-refractivity contribution in [2.24, 2.45) is 5.92 Å². The van der Waals surface area contributed by atoms with Crippen LogP contribution in [0.15, 0.2) is 30.6 Å². The lowest BCUT2D eigenvalue weighted by molar-refractivity contribution is -0.0472. The number of carbonyl (C=O) groups is 1. The molecule has 0 saturated heterocycles. The Morgan fingerprint density at radius 1 is 1.13 bits per heavy atom. The Balaban J connectivity index is 1.61. The van der Waals surface area contributed by atoms with E-state index in [-0.39, 0.29) is 35.1 Å². The molecule has 0 aliphatic heterocycles. The number of aromatic nitrogens is 1. The second kappa shape index (κ2) is 10.1. The lowest BCUT2D eigenvalue weighted by Gasteiger charge is -2.31. The van der Waals surface area contributed by atoms with E-state index in [0.29, 0.717) is 25.7 Å². The molecular weight excluding hydrogens is 390 g/mol. The van der Waals surface area contributed by atoms with Crippen molar-refractivity contribution < 1.29 is 23.8 Å². The van der Waals surface area contributed by atoms with E-state index in [9.17, 15) is 23.8 Å².